The number of piperazine rings is 1. The van der Waals surface area contributed by atoms with Gasteiger partial charge < -0.3 is 14.4 Å². The molecule has 6 rings (SSSR count). The van der Waals surface area contributed by atoms with Gasteiger partial charge in [0.05, 0.1) is 31.2 Å². The van der Waals surface area contributed by atoms with Crippen molar-refractivity contribution in [2.45, 2.75) is 56.8 Å². The van der Waals surface area contributed by atoms with Gasteiger partial charge in [-0.05, 0) is 50.2 Å². The molecule has 0 bridgehead atoms. The second-order valence-electron chi connectivity index (χ2n) is 11.6. The lowest BCUT2D eigenvalue weighted by molar-refractivity contribution is -0.898. The molecule has 3 aliphatic heterocycles. The van der Waals surface area contributed by atoms with Crippen LogP contribution in [0.15, 0.2) is 36.4 Å². The fourth-order valence-electron chi connectivity index (χ4n) is 7.72. The number of esters is 1. The molecule has 0 amide bonds. The van der Waals surface area contributed by atoms with Crippen LogP contribution < -0.4 is 4.90 Å². The number of nitrogens with one attached hydrogen (secondary N) is 1. The average Bonchev–Trinajstić information content (AvgIpc) is 3.45. The van der Waals surface area contributed by atoms with E-state index in [-0.39, 0.29) is 29.2 Å². The first-order valence-corrected chi connectivity index (χ1v) is 13.2. The first kappa shape index (κ1) is 21.8. The third-order valence-corrected chi connectivity index (χ3v) is 9.63. The van der Waals surface area contributed by atoms with Crippen molar-refractivity contribution < 1.29 is 19.2 Å². The molecule has 3 saturated heterocycles. The summed E-state index contributed by atoms with van der Waals surface area (Å²) in [6, 6.07) is 10.5. The molecule has 5 fully saturated rings. The molecule has 0 aromatic heterocycles. The van der Waals surface area contributed by atoms with Gasteiger partial charge in [-0.1, -0.05) is 43.3 Å². The van der Waals surface area contributed by atoms with E-state index in [0.29, 0.717) is 17.8 Å². The fraction of sp³-hybridized carbons (Fsp3) is 0.679. The minimum Gasteiger partial charge on any atom is -0.455 e. The Labute approximate surface area is 198 Å². The number of carbonyl (C=O) groups is 1. The molecule has 2 saturated carbocycles. The van der Waals surface area contributed by atoms with E-state index in [2.05, 4.69) is 61.2 Å². The lowest BCUT2D eigenvalue weighted by atomic mass is 9.55. The normalized spacial score (nSPS) is 43.1. The molecule has 5 heteroatoms. The molecule has 7 atom stereocenters. The Morgan fingerprint density at radius 1 is 1.12 bits per heavy atom. The van der Waals surface area contributed by atoms with Crippen molar-refractivity contribution in [3.05, 3.63) is 42.0 Å². The summed E-state index contributed by atoms with van der Waals surface area (Å²) >= 11 is 0. The number of hydrogen-bond donors (Lipinski definition) is 1. The van der Waals surface area contributed by atoms with Crippen LogP contribution in [-0.2, 0) is 14.3 Å². The largest absolute Gasteiger partial charge is 0.455 e. The van der Waals surface area contributed by atoms with E-state index in [1.807, 2.05) is 0 Å². The molecule has 0 radical (unpaired) electrons. The van der Waals surface area contributed by atoms with E-state index in [1.165, 1.54) is 12.0 Å². The predicted octanol–water partition coefficient (Wildman–Crippen LogP) is 2.43. The zero-order chi connectivity index (χ0) is 22.6. The Bertz CT molecular complexity index is 911. The van der Waals surface area contributed by atoms with E-state index in [1.54, 1.807) is 4.90 Å². The molecule has 7 unspecified atom stereocenters. The molecule has 5 aliphatic rings. The van der Waals surface area contributed by atoms with Gasteiger partial charge in [-0.15, -0.1) is 0 Å². The second-order valence-corrected chi connectivity index (χ2v) is 11.6. The predicted molar refractivity (Wildman–Crippen MR) is 128 cm³/mol. The number of hydrogen-bond acceptors (Lipinski definition) is 4. The summed E-state index contributed by atoms with van der Waals surface area (Å²) in [5, 5.41) is 0. The molecule has 5 nitrogen and oxygen atoms in total. The number of rotatable bonds is 5. The number of benzene rings is 1. The van der Waals surface area contributed by atoms with Crippen LogP contribution in [0.3, 0.4) is 0 Å². The monoisotopic (exact) mass is 451 g/mol. The summed E-state index contributed by atoms with van der Waals surface area (Å²) in [5.74, 6) is 1.50. The zero-order valence-electron chi connectivity index (χ0n) is 20.2. The van der Waals surface area contributed by atoms with E-state index in [9.17, 15) is 4.79 Å². The van der Waals surface area contributed by atoms with Crippen LogP contribution in [0.2, 0.25) is 0 Å². The minimum absolute atomic E-state index is 0.0195. The standard InChI is InChI=1S/C28H38N2O3/c1-20-10-11-24-22(25(31)32-28(24)23(20)12-13-27(2)26(28)33-27)19-30-17-15-29(16-18-30)14-6-9-21-7-4-3-5-8-21/h3-9,20,22-24,26H,10-19H2,1-2H3/p+1. The molecular formula is C28H39N2O3+. The highest BCUT2D eigenvalue weighted by molar-refractivity contribution is 5.77. The van der Waals surface area contributed by atoms with E-state index in [4.69, 9.17) is 9.47 Å². The summed E-state index contributed by atoms with van der Waals surface area (Å²) < 4.78 is 12.7. The minimum atomic E-state index is -0.346. The molecular weight excluding hydrogens is 412 g/mol. The van der Waals surface area contributed by atoms with Crippen LogP contribution in [-0.4, -0.2) is 67.4 Å². The van der Waals surface area contributed by atoms with E-state index in [0.717, 1.165) is 58.5 Å². The number of nitrogens with zero attached hydrogens (tertiary/aromatic N) is 1. The Kier molecular flexibility index (Phi) is 5.43. The summed E-state index contributed by atoms with van der Waals surface area (Å²) in [4.78, 5) is 17.4. The number of quaternary nitrogens is 1. The SMILES string of the molecule is CC1CCC2C(CN3CC[NH+](CC=Cc4ccccc4)CC3)C(=O)OC23C1CCC1(C)OC13. The third kappa shape index (κ3) is 3.67. The van der Waals surface area contributed by atoms with Gasteiger partial charge >= 0.3 is 5.97 Å². The Balaban J connectivity index is 1.08. The summed E-state index contributed by atoms with van der Waals surface area (Å²) in [6.07, 6.45) is 9.25. The van der Waals surface area contributed by atoms with Crippen LogP contribution in [0.4, 0.5) is 0 Å². The number of fused-ring (bicyclic) bond motifs is 1. The molecule has 1 spiro atoms. The Morgan fingerprint density at radius 2 is 1.91 bits per heavy atom. The van der Waals surface area contributed by atoms with Gasteiger partial charge in [0.1, 0.15) is 11.7 Å². The van der Waals surface area contributed by atoms with Crippen LogP contribution in [0, 0.1) is 23.7 Å². The fourth-order valence-corrected chi connectivity index (χ4v) is 7.72. The van der Waals surface area contributed by atoms with Crippen molar-refractivity contribution in [2.75, 3.05) is 39.3 Å². The number of epoxide rings is 1. The third-order valence-electron chi connectivity index (χ3n) is 9.63. The van der Waals surface area contributed by atoms with Crippen molar-refractivity contribution >= 4 is 12.0 Å². The van der Waals surface area contributed by atoms with Gasteiger partial charge in [0, 0.05) is 31.5 Å². The first-order valence-electron chi connectivity index (χ1n) is 13.2. The maximum atomic E-state index is 13.3. The van der Waals surface area contributed by atoms with Crippen molar-refractivity contribution in [3.8, 4) is 0 Å². The highest BCUT2D eigenvalue weighted by Crippen LogP contribution is 2.66. The molecule has 1 aromatic carbocycles. The maximum Gasteiger partial charge on any atom is 0.311 e. The molecule has 178 valence electrons. The van der Waals surface area contributed by atoms with Crippen molar-refractivity contribution in [3.63, 3.8) is 0 Å². The number of carbonyl (C=O) groups excluding carboxylic acids is 1. The van der Waals surface area contributed by atoms with Gasteiger partial charge in [0.2, 0.25) is 0 Å². The van der Waals surface area contributed by atoms with Crippen LogP contribution in [0.1, 0.15) is 45.1 Å². The van der Waals surface area contributed by atoms with Crippen LogP contribution in [0.5, 0.6) is 0 Å². The van der Waals surface area contributed by atoms with Gasteiger partial charge in [-0.25, -0.2) is 0 Å². The quantitative estimate of drug-likeness (QED) is 0.552. The summed E-state index contributed by atoms with van der Waals surface area (Å²) in [5.41, 5.74) is 0.869. The van der Waals surface area contributed by atoms with Gasteiger partial charge in [0.25, 0.3) is 0 Å². The Hall–Kier alpha value is -1.69. The lowest BCUT2D eigenvalue weighted by Crippen LogP contribution is -3.14. The lowest BCUT2D eigenvalue weighted by Gasteiger charge is -2.50. The molecule has 1 aromatic rings. The smallest absolute Gasteiger partial charge is 0.311 e. The van der Waals surface area contributed by atoms with Crippen LogP contribution in [0.25, 0.3) is 6.08 Å². The molecule has 33 heavy (non-hydrogen) atoms. The van der Waals surface area contributed by atoms with Gasteiger partial charge in [-0.3, -0.25) is 9.69 Å². The van der Waals surface area contributed by atoms with Crippen LogP contribution >= 0.6 is 0 Å². The highest BCUT2D eigenvalue weighted by atomic mass is 16.7. The van der Waals surface area contributed by atoms with Crippen molar-refractivity contribution in [2.24, 2.45) is 23.7 Å². The topological polar surface area (TPSA) is 46.5 Å². The van der Waals surface area contributed by atoms with Crippen molar-refractivity contribution in [1.29, 1.82) is 0 Å². The highest BCUT2D eigenvalue weighted by Gasteiger charge is 2.77. The van der Waals surface area contributed by atoms with Gasteiger partial charge in [-0.2, -0.15) is 0 Å². The van der Waals surface area contributed by atoms with Crippen molar-refractivity contribution in [1.82, 2.24) is 4.90 Å². The molecule has 2 aliphatic carbocycles. The van der Waals surface area contributed by atoms with E-state index >= 15 is 0 Å². The molecule has 1 N–H and O–H groups in total. The van der Waals surface area contributed by atoms with Gasteiger partial charge in [0.15, 0.2) is 0 Å². The first-order chi connectivity index (χ1) is 16.0. The number of ether oxygens (including phenoxy) is 2. The molecule has 3 heterocycles. The summed E-state index contributed by atoms with van der Waals surface area (Å²) in [7, 11) is 0. The Morgan fingerprint density at radius 3 is 2.70 bits per heavy atom. The summed E-state index contributed by atoms with van der Waals surface area (Å²) in [6.45, 7) is 10.9. The van der Waals surface area contributed by atoms with E-state index < -0.39 is 0 Å². The maximum absolute atomic E-state index is 13.3. The average molecular weight is 452 g/mol. The zero-order valence-corrected chi connectivity index (χ0v) is 20.2. The second kappa shape index (κ2) is 8.21.